The van der Waals surface area contributed by atoms with Crippen LogP contribution in [0.25, 0.3) is 0 Å². The molecule has 1 aromatic rings. The van der Waals surface area contributed by atoms with Crippen LogP contribution in [0.15, 0.2) is 18.2 Å². The van der Waals surface area contributed by atoms with E-state index in [1.165, 1.54) is 0 Å². The van der Waals surface area contributed by atoms with Gasteiger partial charge in [-0.15, -0.1) is 0 Å². The molecule has 0 aliphatic carbocycles. The predicted octanol–water partition coefficient (Wildman–Crippen LogP) is 3.20. The molecule has 4 heteroatoms. The minimum Gasteiger partial charge on any atom is -0.496 e. The van der Waals surface area contributed by atoms with Crippen molar-refractivity contribution in [3.05, 3.63) is 29.3 Å². The van der Waals surface area contributed by atoms with Gasteiger partial charge in [0.2, 0.25) is 0 Å². The van der Waals surface area contributed by atoms with E-state index in [4.69, 9.17) is 9.47 Å². The topological polar surface area (TPSA) is 35.5 Å². The van der Waals surface area contributed by atoms with E-state index in [1.807, 2.05) is 12.1 Å². The molecule has 0 saturated heterocycles. The Kier molecular flexibility index (Phi) is 6.05. The summed E-state index contributed by atoms with van der Waals surface area (Å²) < 4.78 is 10.2. The number of benzene rings is 1. The zero-order valence-corrected chi connectivity index (χ0v) is 11.7. The van der Waals surface area contributed by atoms with Gasteiger partial charge in [-0.2, -0.15) is 0 Å². The molecule has 0 spiro atoms. The van der Waals surface area contributed by atoms with Crippen LogP contribution in [0.2, 0.25) is 0 Å². The summed E-state index contributed by atoms with van der Waals surface area (Å²) in [7, 11) is 1.64. The number of methoxy groups -OCH3 is 1. The Morgan fingerprint density at radius 2 is 2.18 bits per heavy atom. The number of alkyl halides is 1. The molecule has 1 rings (SSSR count). The number of carbonyl (C=O) groups is 1. The van der Waals surface area contributed by atoms with Crippen molar-refractivity contribution in [3.8, 4) is 5.75 Å². The Hall–Kier alpha value is -1.03. The van der Waals surface area contributed by atoms with Gasteiger partial charge in [0.1, 0.15) is 5.75 Å². The molecule has 0 N–H and O–H groups in total. The molecule has 0 fully saturated rings. The Bertz CT molecular complexity index is 377. The summed E-state index contributed by atoms with van der Waals surface area (Å²) in [5.41, 5.74) is 1.62. The van der Waals surface area contributed by atoms with Crippen molar-refractivity contribution in [2.75, 3.05) is 19.0 Å². The largest absolute Gasteiger partial charge is 0.496 e. The fourth-order valence-corrected chi connectivity index (χ4v) is 1.85. The van der Waals surface area contributed by atoms with Crippen molar-refractivity contribution < 1.29 is 14.3 Å². The van der Waals surface area contributed by atoms with Crippen LogP contribution in [0.3, 0.4) is 0 Å². The average molecular weight is 301 g/mol. The van der Waals surface area contributed by atoms with Crippen LogP contribution >= 0.6 is 15.9 Å². The van der Waals surface area contributed by atoms with Gasteiger partial charge in [0.25, 0.3) is 0 Å². The second-order valence-electron chi connectivity index (χ2n) is 3.54. The SMILES string of the molecule is CCOC(=O)c1ccc(OC)c(CCCBr)c1. The second kappa shape index (κ2) is 7.33. The molecule has 0 aliphatic rings. The second-order valence-corrected chi connectivity index (χ2v) is 4.33. The minimum absolute atomic E-state index is 0.282. The predicted molar refractivity (Wildman–Crippen MR) is 71.1 cm³/mol. The first-order valence-corrected chi connectivity index (χ1v) is 6.75. The number of hydrogen-bond donors (Lipinski definition) is 0. The molecular formula is C13H17BrO3. The van der Waals surface area contributed by atoms with Gasteiger partial charge < -0.3 is 9.47 Å². The molecule has 0 atom stereocenters. The number of rotatable bonds is 6. The lowest BCUT2D eigenvalue weighted by Crippen LogP contribution is -2.06. The van der Waals surface area contributed by atoms with Crippen molar-refractivity contribution in [2.45, 2.75) is 19.8 Å². The molecule has 0 saturated carbocycles. The summed E-state index contributed by atoms with van der Waals surface area (Å²) in [5.74, 6) is 0.536. The third kappa shape index (κ3) is 4.04. The maximum atomic E-state index is 11.6. The molecule has 0 aliphatic heterocycles. The van der Waals surface area contributed by atoms with Gasteiger partial charge in [-0.3, -0.25) is 0 Å². The van der Waals surface area contributed by atoms with Crippen molar-refractivity contribution in [2.24, 2.45) is 0 Å². The number of halogens is 1. The van der Waals surface area contributed by atoms with Crippen molar-refractivity contribution in [3.63, 3.8) is 0 Å². The minimum atomic E-state index is -0.282. The first-order chi connectivity index (χ1) is 8.22. The maximum Gasteiger partial charge on any atom is 0.338 e. The fraction of sp³-hybridized carbons (Fsp3) is 0.462. The average Bonchev–Trinajstić information content (AvgIpc) is 2.36. The standard InChI is InChI=1S/C13H17BrO3/c1-3-17-13(15)11-6-7-12(16-2)10(9-11)5-4-8-14/h6-7,9H,3-5,8H2,1-2H3. The number of hydrogen-bond acceptors (Lipinski definition) is 3. The molecule has 0 amide bonds. The molecule has 1 aromatic carbocycles. The highest BCUT2D eigenvalue weighted by molar-refractivity contribution is 9.09. The number of aryl methyl sites for hydroxylation is 1. The summed E-state index contributed by atoms with van der Waals surface area (Å²) in [6.07, 6.45) is 1.88. The van der Waals surface area contributed by atoms with Gasteiger partial charge in [0.05, 0.1) is 19.3 Å². The van der Waals surface area contributed by atoms with Crippen LogP contribution in [0.4, 0.5) is 0 Å². The van der Waals surface area contributed by atoms with Crippen LogP contribution in [-0.2, 0) is 11.2 Å². The Labute approximate surface area is 110 Å². The summed E-state index contributed by atoms with van der Waals surface area (Å²) >= 11 is 3.39. The van der Waals surface area contributed by atoms with Gasteiger partial charge in [0, 0.05) is 5.33 Å². The molecular weight excluding hydrogens is 284 g/mol. The maximum absolute atomic E-state index is 11.6. The number of esters is 1. The van der Waals surface area contributed by atoms with E-state index < -0.39 is 0 Å². The molecule has 17 heavy (non-hydrogen) atoms. The number of carbonyl (C=O) groups excluding carboxylic acids is 1. The van der Waals surface area contributed by atoms with Crippen LogP contribution in [0.5, 0.6) is 5.75 Å². The lowest BCUT2D eigenvalue weighted by Gasteiger charge is -2.09. The Balaban J connectivity index is 2.91. The molecule has 94 valence electrons. The molecule has 0 heterocycles. The summed E-state index contributed by atoms with van der Waals surface area (Å²) in [6, 6.07) is 5.39. The van der Waals surface area contributed by atoms with E-state index in [9.17, 15) is 4.79 Å². The van der Waals surface area contributed by atoms with E-state index in [0.717, 1.165) is 29.5 Å². The van der Waals surface area contributed by atoms with Gasteiger partial charge in [-0.25, -0.2) is 4.79 Å². The normalized spacial score (nSPS) is 10.1. The first-order valence-electron chi connectivity index (χ1n) is 5.63. The van der Waals surface area contributed by atoms with Crippen LogP contribution in [0, 0.1) is 0 Å². The smallest absolute Gasteiger partial charge is 0.338 e. The van der Waals surface area contributed by atoms with Crippen LogP contribution in [0.1, 0.15) is 29.3 Å². The third-order valence-electron chi connectivity index (χ3n) is 2.37. The fourth-order valence-electron chi connectivity index (χ4n) is 1.57. The van der Waals surface area contributed by atoms with Crippen molar-refractivity contribution in [1.82, 2.24) is 0 Å². The lowest BCUT2D eigenvalue weighted by molar-refractivity contribution is 0.0526. The highest BCUT2D eigenvalue weighted by atomic mass is 79.9. The zero-order valence-electron chi connectivity index (χ0n) is 10.2. The van der Waals surface area contributed by atoms with Crippen LogP contribution in [-0.4, -0.2) is 25.0 Å². The molecule has 0 aromatic heterocycles. The highest BCUT2D eigenvalue weighted by Gasteiger charge is 2.10. The van der Waals surface area contributed by atoms with Gasteiger partial charge >= 0.3 is 5.97 Å². The van der Waals surface area contributed by atoms with Gasteiger partial charge in [-0.1, -0.05) is 15.9 Å². The third-order valence-corrected chi connectivity index (χ3v) is 2.93. The Morgan fingerprint density at radius 1 is 1.41 bits per heavy atom. The van der Waals surface area contributed by atoms with E-state index in [-0.39, 0.29) is 5.97 Å². The molecule has 0 bridgehead atoms. The van der Waals surface area contributed by atoms with E-state index in [0.29, 0.717) is 12.2 Å². The summed E-state index contributed by atoms with van der Waals surface area (Å²) in [5, 5.41) is 0.930. The van der Waals surface area contributed by atoms with Crippen LogP contribution < -0.4 is 4.74 Å². The first kappa shape index (κ1) is 14.0. The summed E-state index contributed by atoms with van der Waals surface area (Å²) in [6.45, 7) is 2.19. The van der Waals surface area contributed by atoms with Crippen molar-refractivity contribution in [1.29, 1.82) is 0 Å². The molecule has 0 radical (unpaired) electrons. The van der Waals surface area contributed by atoms with E-state index in [1.54, 1.807) is 20.1 Å². The number of ether oxygens (including phenoxy) is 2. The lowest BCUT2D eigenvalue weighted by atomic mass is 10.1. The van der Waals surface area contributed by atoms with Gasteiger partial charge in [-0.05, 0) is 43.5 Å². The highest BCUT2D eigenvalue weighted by Crippen LogP contribution is 2.22. The Morgan fingerprint density at radius 3 is 2.76 bits per heavy atom. The quantitative estimate of drug-likeness (QED) is 0.598. The summed E-state index contributed by atoms with van der Waals surface area (Å²) in [4.78, 5) is 11.6. The van der Waals surface area contributed by atoms with E-state index >= 15 is 0 Å². The van der Waals surface area contributed by atoms with Crippen molar-refractivity contribution >= 4 is 21.9 Å². The zero-order chi connectivity index (χ0) is 12.7. The van der Waals surface area contributed by atoms with E-state index in [2.05, 4.69) is 15.9 Å². The van der Waals surface area contributed by atoms with Gasteiger partial charge in [0.15, 0.2) is 0 Å². The molecule has 0 unspecified atom stereocenters. The molecule has 3 nitrogen and oxygen atoms in total. The monoisotopic (exact) mass is 300 g/mol.